The molecule has 2 rings (SSSR count). The van der Waals surface area contributed by atoms with Crippen LogP contribution in [0.2, 0.25) is 0 Å². The summed E-state index contributed by atoms with van der Waals surface area (Å²) in [7, 11) is 0. The Morgan fingerprint density at radius 2 is 2.25 bits per heavy atom. The molecule has 0 radical (unpaired) electrons. The summed E-state index contributed by atoms with van der Waals surface area (Å²) in [6.07, 6.45) is 5.82. The highest BCUT2D eigenvalue weighted by molar-refractivity contribution is 5.77. The Morgan fingerprint density at radius 1 is 1.42 bits per heavy atom. The molecule has 12 heavy (non-hydrogen) atoms. The van der Waals surface area contributed by atoms with E-state index >= 15 is 0 Å². The Balaban J connectivity index is 2.06. The average Bonchev–Trinajstić information content (AvgIpc) is 2.04. The predicted molar refractivity (Wildman–Crippen MR) is 47.8 cm³/mol. The summed E-state index contributed by atoms with van der Waals surface area (Å²) in [5.74, 6) is 1.02. The van der Waals surface area contributed by atoms with Gasteiger partial charge in [-0.15, -0.1) is 0 Å². The molecule has 0 aliphatic carbocycles. The predicted octanol–water partition coefficient (Wildman–Crippen LogP) is 1.80. The second-order valence-electron chi connectivity index (χ2n) is 4.28. The molecule has 0 N–H and O–H groups in total. The molecule has 68 valence electrons. The fourth-order valence-electron chi connectivity index (χ4n) is 2.54. The van der Waals surface area contributed by atoms with Crippen LogP contribution in [0, 0.1) is 5.92 Å². The second kappa shape index (κ2) is 3.08. The Labute approximate surface area is 73.9 Å². The topological polar surface area (TPSA) is 20.3 Å². The molecule has 0 bridgehead atoms. The van der Waals surface area contributed by atoms with Gasteiger partial charge in [0.1, 0.15) is 0 Å². The fourth-order valence-corrected chi connectivity index (χ4v) is 2.54. The van der Waals surface area contributed by atoms with E-state index in [0.717, 1.165) is 13.0 Å². The number of amides is 1. The van der Waals surface area contributed by atoms with Crippen molar-refractivity contribution in [1.29, 1.82) is 0 Å². The van der Waals surface area contributed by atoms with E-state index in [1.54, 1.807) is 0 Å². The lowest BCUT2D eigenvalue weighted by atomic mass is 9.87. The standard InChI is InChI=1S/C10H17NO/c1-8-6-9-4-2-3-5-11(9)10(12)7-8/h8-9H,2-7H2,1H3/t8-,9+/m0/s1. The number of nitrogens with zero attached hydrogens (tertiary/aromatic N) is 1. The lowest BCUT2D eigenvalue weighted by molar-refractivity contribution is -0.139. The molecule has 2 atom stereocenters. The van der Waals surface area contributed by atoms with Crippen LogP contribution in [0.5, 0.6) is 0 Å². The van der Waals surface area contributed by atoms with Gasteiger partial charge in [-0.2, -0.15) is 0 Å². The first-order chi connectivity index (χ1) is 5.77. The number of rotatable bonds is 0. The summed E-state index contributed by atoms with van der Waals surface area (Å²) in [5, 5.41) is 0. The maximum Gasteiger partial charge on any atom is 0.223 e. The second-order valence-corrected chi connectivity index (χ2v) is 4.28. The van der Waals surface area contributed by atoms with Gasteiger partial charge in [-0.05, 0) is 31.6 Å². The van der Waals surface area contributed by atoms with E-state index in [0.29, 0.717) is 17.9 Å². The van der Waals surface area contributed by atoms with Crippen LogP contribution in [-0.4, -0.2) is 23.4 Å². The highest BCUT2D eigenvalue weighted by Crippen LogP contribution is 2.29. The van der Waals surface area contributed by atoms with Crippen LogP contribution in [0.25, 0.3) is 0 Å². The minimum atomic E-state index is 0.401. The quantitative estimate of drug-likeness (QED) is 0.538. The van der Waals surface area contributed by atoms with E-state index in [4.69, 9.17) is 0 Å². The average molecular weight is 167 g/mol. The van der Waals surface area contributed by atoms with Crippen molar-refractivity contribution >= 4 is 5.91 Å². The monoisotopic (exact) mass is 167 g/mol. The van der Waals surface area contributed by atoms with E-state index in [1.807, 2.05) is 0 Å². The van der Waals surface area contributed by atoms with Gasteiger partial charge in [0.05, 0.1) is 0 Å². The van der Waals surface area contributed by atoms with E-state index in [2.05, 4.69) is 11.8 Å². The van der Waals surface area contributed by atoms with Crippen molar-refractivity contribution in [2.75, 3.05) is 6.54 Å². The Bertz CT molecular complexity index is 190. The van der Waals surface area contributed by atoms with Crippen molar-refractivity contribution in [3.63, 3.8) is 0 Å². The summed E-state index contributed by atoms with van der Waals surface area (Å²) in [4.78, 5) is 13.7. The van der Waals surface area contributed by atoms with Crippen molar-refractivity contribution in [3.05, 3.63) is 0 Å². The highest BCUT2D eigenvalue weighted by atomic mass is 16.2. The summed E-state index contributed by atoms with van der Waals surface area (Å²) >= 11 is 0. The molecule has 0 aromatic rings. The SMILES string of the molecule is C[C@@H]1CC(=O)N2CCCC[C@@H]2C1. The van der Waals surface area contributed by atoms with Crippen molar-refractivity contribution < 1.29 is 4.79 Å². The van der Waals surface area contributed by atoms with Gasteiger partial charge < -0.3 is 4.90 Å². The van der Waals surface area contributed by atoms with Crippen LogP contribution in [0.3, 0.4) is 0 Å². The van der Waals surface area contributed by atoms with Crippen molar-refractivity contribution in [2.45, 2.75) is 45.1 Å². The van der Waals surface area contributed by atoms with Crippen molar-refractivity contribution in [1.82, 2.24) is 4.90 Å². The van der Waals surface area contributed by atoms with E-state index in [-0.39, 0.29) is 0 Å². The van der Waals surface area contributed by atoms with E-state index < -0.39 is 0 Å². The molecule has 2 saturated heterocycles. The molecule has 2 heteroatoms. The Kier molecular flexibility index (Phi) is 2.07. The van der Waals surface area contributed by atoms with Crippen molar-refractivity contribution in [2.24, 2.45) is 5.92 Å². The van der Waals surface area contributed by atoms with Gasteiger partial charge in [-0.25, -0.2) is 0 Å². The molecule has 2 aliphatic heterocycles. The zero-order valence-electron chi connectivity index (χ0n) is 7.75. The van der Waals surface area contributed by atoms with Crippen LogP contribution in [0.1, 0.15) is 39.0 Å². The van der Waals surface area contributed by atoms with Crippen LogP contribution in [-0.2, 0) is 4.79 Å². The molecule has 0 aromatic carbocycles. The maximum absolute atomic E-state index is 11.6. The third kappa shape index (κ3) is 1.35. The number of hydrogen-bond acceptors (Lipinski definition) is 1. The summed E-state index contributed by atoms with van der Waals surface area (Å²) in [6, 6.07) is 0.593. The smallest absolute Gasteiger partial charge is 0.223 e. The fraction of sp³-hybridized carbons (Fsp3) is 0.900. The number of carbonyl (C=O) groups is 1. The first-order valence-electron chi connectivity index (χ1n) is 5.07. The number of fused-ring (bicyclic) bond motifs is 1. The minimum absolute atomic E-state index is 0.401. The van der Waals surface area contributed by atoms with Gasteiger partial charge in [-0.3, -0.25) is 4.79 Å². The molecule has 0 spiro atoms. The van der Waals surface area contributed by atoms with Gasteiger partial charge in [0.15, 0.2) is 0 Å². The highest BCUT2D eigenvalue weighted by Gasteiger charge is 2.32. The van der Waals surface area contributed by atoms with Gasteiger partial charge in [0.2, 0.25) is 5.91 Å². The number of carbonyl (C=O) groups excluding carboxylic acids is 1. The first kappa shape index (κ1) is 8.09. The van der Waals surface area contributed by atoms with Crippen LogP contribution in [0.4, 0.5) is 0 Å². The van der Waals surface area contributed by atoms with Gasteiger partial charge in [-0.1, -0.05) is 6.92 Å². The molecular weight excluding hydrogens is 150 g/mol. The van der Waals surface area contributed by atoms with Crippen LogP contribution < -0.4 is 0 Å². The molecule has 2 fully saturated rings. The normalized spacial score (nSPS) is 36.4. The van der Waals surface area contributed by atoms with Gasteiger partial charge in [0, 0.05) is 19.0 Å². The first-order valence-corrected chi connectivity index (χ1v) is 5.07. The third-order valence-corrected chi connectivity index (χ3v) is 3.15. The van der Waals surface area contributed by atoms with Crippen molar-refractivity contribution in [3.8, 4) is 0 Å². The maximum atomic E-state index is 11.6. The zero-order chi connectivity index (χ0) is 8.55. The Hall–Kier alpha value is -0.530. The summed E-state index contributed by atoms with van der Waals surface area (Å²) in [6.45, 7) is 3.22. The number of hydrogen-bond donors (Lipinski definition) is 0. The van der Waals surface area contributed by atoms with Gasteiger partial charge in [0.25, 0.3) is 0 Å². The van der Waals surface area contributed by atoms with Crippen LogP contribution in [0.15, 0.2) is 0 Å². The lowest BCUT2D eigenvalue weighted by Gasteiger charge is -2.41. The Morgan fingerprint density at radius 3 is 3.08 bits per heavy atom. The molecule has 0 saturated carbocycles. The molecule has 1 amide bonds. The molecule has 2 aliphatic rings. The molecule has 2 heterocycles. The molecule has 2 nitrogen and oxygen atoms in total. The van der Waals surface area contributed by atoms with Crippen LogP contribution >= 0.6 is 0 Å². The van der Waals surface area contributed by atoms with E-state index in [1.165, 1.54) is 25.7 Å². The summed E-state index contributed by atoms with van der Waals surface area (Å²) < 4.78 is 0. The lowest BCUT2D eigenvalue weighted by Crippen LogP contribution is -2.48. The zero-order valence-corrected chi connectivity index (χ0v) is 7.75. The molecule has 0 unspecified atom stereocenters. The molecular formula is C10H17NO. The largest absolute Gasteiger partial charge is 0.340 e. The van der Waals surface area contributed by atoms with Gasteiger partial charge >= 0.3 is 0 Å². The minimum Gasteiger partial charge on any atom is -0.340 e. The van der Waals surface area contributed by atoms with E-state index in [9.17, 15) is 4.79 Å². The molecule has 0 aromatic heterocycles. The number of piperidine rings is 2. The third-order valence-electron chi connectivity index (χ3n) is 3.15. The summed E-state index contributed by atoms with van der Waals surface area (Å²) in [5.41, 5.74) is 0.